The van der Waals surface area contributed by atoms with Gasteiger partial charge in [-0.05, 0) is 68.3 Å². The van der Waals surface area contributed by atoms with Gasteiger partial charge in [-0.1, -0.05) is 12.1 Å². The van der Waals surface area contributed by atoms with E-state index in [1.54, 1.807) is 27.5 Å². The molecule has 0 aliphatic carbocycles. The van der Waals surface area contributed by atoms with Crippen LogP contribution in [0.15, 0.2) is 65.7 Å². The minimum Gasteiger partial charge on any atom is -0.494 e. The van der Waals surface area contributed by atoms with Crippen molar-refractivity contribution in [1.29, 1.82) is 0 Å². The lowest BCUT2D eigenvalue weighted by Gasteiger charge is -2.37. The molecule has 8 heteroatoms. The Morgan fingerprint density at radius 1 is 1.00 bits per heavy atom. The van der Waals surface area contributed by atoms with Crippen molar-refractivity contribution in [2.75, 3.05) is 37.7 Å². The van der Waals surface area contributed by atoms with Gasteiger partial charge in [0.15, 0.2) is 0 Å². The number of benzene rings is 2. The standard InChI is InChI=1S/C29H33N5O3/c1-4-37-24-10-8-23(9-11-24)25-20-27-29(36)33(18-19-34(27)30-25)13-12-28(35)32-16-14-31(15-17-32)26-7-5-6-21(2)22(26)3/h5-11,18-20H,4,12-17H2,1-3H3. The highest BCUT2D eigenvalue weighted by atomic mass is 16.5. The summed E-state index contributed by atoms with van der Waals surface area (Å²) in [4.78, 5) is 30.3. The summed E-state index contributed by atoms with van der Waals surface area (Å²) in [6.07, 6.45) is 3.76. The average Bonchev–Trinajstić information content (AvgIpc) is 3.36. The number of carbonyl (C=O) groups is 1. The summed E-state index contributed by atoms with van der Waals surface area (Å²) in [5.74, 6) is 0.879. The lowest BCUT2D eigenvalue weighted by molar-refractivity contribution is -0.131. The number of nitrogens with zero attached hydrogens (tertiary/aromatic N) is 5. The maximum absolute atomic E-state index is 13.1. The first-order valence-electron chi connectivity index (χ1n) is 12.9. The number of hydrogen-bond donors (Lipinski definition) is 0. The van der Waals surface area contributed by atoms with E-state index in [4.69, 9.17) is 4.74 Å². The highest BCUT2D eigenvalue weighted by molar-refractivity contribution is 5.76. The van der Waals surface area contributed by atoms with E-state index < -0.39 is 0 Å². The summed E-state index contributed by atoms with van der Waals surface area (Å²) >= 11 is 0. The maximum Gasteiger partial charge on any atom is 0.276 e. The molecule has 2 aromatic heterocycles. The van der Waals surface area contributed by atoms with Crippen molar-refractivity contribution in [2.45, 2.75) is 33.7 Å². The van der Waals surface area contributed by atoms with E-state index in [1.807, 2.05) is 36.1 Å². The number of carbonyl (C=O) groups excluding carboxylic acids is 1. The van der Waals surface area contributed by atoms with Crippen molar-refractivity contribution < 1.29 is 9.53 Å². The van der Waals surface area contributed by atoms with Gasteiger partial charge >= 0.3 is 0 Å². The monoisotopic (exact) mass is 499 g/mol. The van der Waals surface area contributed by atoms with Gasteiger partial charge in [-0.2, -0.15) is 5.10 Å². The zero-order valence-electron chi connectivity index (χ0n) is 21.7. The van der Waals surface area contributed by atoms with Gasteiger partial charge < -0.3 is 19.1 Å². The number of amides is 1. The smallest absolute Gasteiger partial charge is 0.276 e. The molecule has 1 saturated heterocycles. The van der Waals surface area contributed by atoms with E-state index in [0.717, 1.165) is 30.1 Å². The molecule has 0 unspecified atom stereocenters. The van der Waals surface area contributed by atoms with Gasteiger partial charge in [-0.25, -0.2) is 4.52 Å². The zero-order valence-corrected chi connectivity index (χ0v) is 21.7. The van der Waals surface area contributed by atoms with Crippen LogP contribution in [0.3, 0.4) is 0 Å². The molecule has 5 rings (SSSR count). The van der Waals surface area contributed by atoms with Crippen LogP contribution in [0.5, 0.6) is 5.75 Å². The first-order chi connectivity index (χ1) is 17.9. The number of piperazine rings is 1. The summed E-state index contributed by atoms with van der Waals surface area (Å²) in [7, 11) is 0. The topological polar surface area (TPSA) is 72.1 Å². The molecule has 0 spiro atoms. The molecule has 1 aliphatic rings. The van der Waals surface area contributed by atoms with Crippen molar-refractivity contribution in [3.8, 4) is 17.0 Å². The Morgan fingerprint density at radius 3 is 2.49 bits per heavy atom. The van der Waals surface area contributed by atoms with Crippen LogP contribution in [-0.4, -0.2) is 57.8 Å². The quantitative estimate of drug-likeness (QED) is 0.386. The maximum atomic E-state index is 13.1. The molecule has 8 nitrogen and oxygen atoms in total. The molecular formula is C29H33N5O3. The Balaban J connectivity index is 1.22. The van der Waals surface area contributed by atoms with Crippen LogP contribution in [0, 0.1) is 13.8 Å². The van der Waals surface area contributed by atoms with Crippen LogP contribution in [-0.2, 0) is 11.3 Å². The van der Waals surface area contributed by atoms with Crippen molar-refractivity contribution in [3.05, 3.63) is 82.4 Å². The Labute approximate surface area is 216 Å². The van der Waals surface area contributed by atoms with E-state index >= 15 is 0 Å². The minimum atomic E-state index is -0.153. The molecular weight excluding hydrogens is 466 g/mol. The zero-order chi connectivity index (χ0) is 25.9. The first-order valence-corrected chi connectivity index (χ1v) is 12.9. The Hall–Kier alpha value is -4.07. The van der Waals surface area contributed by atoms with E-state index in [9.17, 15) is 9.59 Å². The summed E-state index contributed by atoms with van der Waals surface area (Å²) in [6, 6.07) is 15.8. The van der Waals surface area contributed by atoms with E-state index in [-0.39, 0.29) is 11.5 Å². The Morgan fingerprint density at radius 2 is 1.76 bits per heavy atom. The van der Waals surface area contributed by atoms with Crippen LogP contribution in [0.4, 0.5) is 5.69 Å². The highest BCUT2D eigenvalue weighted by Crippen LogP contribution is 2.24. The predicted molar refractivity (Wildman–Crippen MR) is 145 cm³/mol. The van der Waals surface area contributed by atoms with Crippen LogP contribution >= 0.6 is 0 Å². The second-order valence-corrected chi connectivity index (χ2v) is 9.45. The number of aromatic nitrogens is 3. The lowest BCUT2D eigenvalue weighted by Crippen LogP contribution is -2.49. The van der Waals surface area contributed by atoms with Gasteiger partial charge in [0.2, 0.25) is 5.91 Å². The van der Waals surface area contributed by atoms with Gasteiger partial charge in [0, 0.05) is 62.8 Å². The largest absolute Gasteiger partial charge is 0.494 e. The normalized spacial score (nSPS) is 13.8. The Bertz CT molecular complexity index is 1460. The van der Waals surface area contributed by atoms with Crippen molar-refractivity contribution >= 4 is 17.1 Å². The molecule has 37 heavy (non-hydrogen) atoms. The fourth-order valence-electron chi connectivity index (χ4n) is 4.88. The second kappa shape index (κ2) is 10.5. The number of fused-ring (bicyclic) bond motifs is 1. The SMILES string of the molecule is CCOc1ccc(-c2cc3c(=O)n(CCC(=O)N4CCN(c5cccc(C)c5C)CC4)ccn3n2)cc1. The molecule has 192 valence electrons. The summed E-state index contributed by atoms with van der Waals surface area (Å²) in [6.45, 7) is 10.2. The molecule has 2 aromatic carbocycles. The first kappa shape index (κ1) is 24.6. The average molecular weight is 500 g/mol. The Kier molecular flexibility index (Phi) is 6.99. The third-order valence-corrected chi connectivity index (χ3v) is 7.18. The van der Waals surface area contributed by atoms with Gasteiger partial charge in [0.1, 0.15) is 11.3 Å². The molecule has 0 atom stereocenters. The fraction of sp³-hybridized carbons (Fsp3) is 0.345. The number of hydrogen-bond acceptors (Lipinski definition) is 5. The van der Waals surface area contributed by atoms with Crippen LogP contribution in [0.25, 0.3) is 16.8 Å². The second-order valence-electron chi connectivity index (χ2n) is 9.45. The van der Waals surface area contributed by atoms with Crippen molar-refractivity contribution in [3.63, 3.8) is 0 Å². The van der Waals surface area contributed by atoms with Crippen LogP contribution < -0.4 is 15.2 Å². The minimum absolute atomic E-state index is 0.0796. The number of aryl methyl sites for hydroxylation is 2. The van der Waals surface area contributed by atoms with Crippen molar-refractivity contribution in [2.24, 2.45) is 0 Å². The molecule has 3 heterocycles. The highest BCUT2D eigenvalue weighted by Gasteiger charge is 2.22. The van der Waals surface area contributed by atoms with Gasteiger partial charge in [-0.3, -0.25) is 9.59 Å². The third kappa shape index (κ3) is 5.09. The third-order valence-electron chi connectivity index (χ3n) is 7.18. The number of ether oxygens (including phenoxy) is 1. The molecule has 0 bridgehead atoms. The number of anilines is 1. The van der Waals surface area contributed by atoms with E-state index in [2.05, 4.69) is 42.0 Å². The molecule has 4 aromatic rings. The van der Waals surface area contributed by atoms with Crippen LogP contribution in [0.1, 0.15) is 24.5 Å². The molecule has 1 amide bonds. The summed E-state index contributed by atoms with van der Waals surface area (Å²) < 4.78 is 8.70. The fourth-order valence-corrected chi connectivity index (χ4v) is 4.88. The molecule has 0 N–H and O–H groups in total. The molecule has 0 saturated carbocycles. The van der Waals surface area contributed by atoms with E-state index in [1.165, 1.54) is 16.8 Å². The lowest BCUT2D eigenvalue weighted by atomic mass is 10.1. The summed E-state index contributed by atoms with van der Waals surface area (Å²) in [5, 5.41) is 4.56. The molecule has 0 radical (unpaired) electrons. The summed E-state index contributed by atoms with van der Waals surface area (Å²) in [5.41, 5.74) is 5.79. The molecule has 1 fully saturated rings. The van der Waals surface area contributed by atoms with Crippen molar-refractivity contribution in [1.82, 2.24) is 19.1 Å². The predicted octanol–water partition coefficient (Wildman–Crippen LogP) is 3.92. The van der Waals surface area contributed by atoms with Gasteiger partial charge in [-0.15, -0.1) is 0 Å². The van der Waals surface area contributed by atoms with Gasteiger partial charge in [0.25, 0.3) is 5.56 Å². The number of rotatable bonds is 7. The van der Waals surface area contributed by atoms with Crippen LogP contribution in [0.2, 0.25) is 0 Å². The van der Waals surface area contributed by atoms with E-state index in [0.29, 0.717) is 38.2 Å². The molecule has 1 aliphatic heterocycles. The van der Waals surface area contributed by atoms with Gasteiger partial charge in [0.05, 0.1) is 12.3 Å².